The van der Waals surface area contributed by atoms with Gasteiger partial charge in [0.15, 0.2) is 0 Å². The molecule has 0 saturated carbocycles. The standard InChI is InChI=1S/C17H18ClN3/c1-3-21-16-9-6-13(18)10-15(16)20-17(21)11-19-14-7-4-12(2)5-8-14/h4-10,19H,3,11H2,1-2H3. The second-order valence-corrected chi connectivity index (χ2v) is 5.56. The van der Waals surface area contributed by atoms with Gasteiger partial charge in [-0.1, -0.05) is 29.3 Å². The van der Waals surface area contributed by atoms with Crippen LogP contribution in [0, 0.1) is 6.92 Å². The molecule has 0 aliphatic carbocycles. The average molecular weight is 300 g/mol. The zero-order valence-electron chi connectivity index (χ0n) is 12.2. The molecule has 3 aromatic rings. The fourth-order valence-corrected chi connectivity index (χ4v) is 2.66. The van der Waals surface area contributed by atoms with E-state index in [0.29, 0.717) is 6.54 Å². The monoisotopic (exact) mass is 299 g/mol. The summed E-state index contributed by atoms with van der Waals surface area (Å²) in [7, 11) is 0. The van der Waals surface area contributed by atoms with E-state index in [1.165, 1.54) is 5.56 Å². The fourth-order valence-electron chi connectivity index (χ4n) is 2.49. The topological polar surface area (TPSA) is 29.9 Å². The Balaban J connectivity index is 1.87. The lowest BCUT2D eigenvalue weighted by Crippen LogP contribution is -2.07. The van der Waals surface area contributed by atoms with E-state index in [4.69, 9.17) is 16.6 Å². The molecule has 0 bridgehead atoms. The maximum Gasteiger partial charge on any atom is 0.129 e. The Hall–Kier alpha value is -2.00. The molecule has 0 spiro atoms. The van der Waals surface area contributed by atoms with Crippen LogP contribution in [0.1, 0.15) is 18.3 Å². The normalized spacial score (nSPS) is 11.0. The zero-order chi connectivity index (χ0) is 14.8. The van der Waals surface area contributed by atoms with Crippen LogP contribution in [0.4, 0.5) is 5.69 Å². The Bertz CT molecular complexity index is 760. The summed E-state index contributed by atoms with van der Waals surface area (Å²) in [6.45, 7) is 5.81. The first-order valence-electron chi connectivity index (χ1n) is 7.12. The number of fused-ring (bicyclic) bond motifs is 1. The van der Waals surface area contributed by atoms with Crippen molar-refractivity contribution in [3.63, 3.8) is 0 Å². The van der Waals surface area contributed by atoms with E-state index in [9.17, 15) is 0 Å². The molecule has 0 amide bonds. The van der Waals surface area contributed by atoms with Gasteiger partial charge in [0, 0.05) is 17.3 Å². The maximum atomic E-state index is 6.05. The van der Waals surface area contributed by atoms with Crippen molar-refractivity contribution in [3.05, 3.63) is 58.9 Å². The highest BCUT2D eigenvalue weighted by Crippen LogP contribution is 2.21. The first-order valence-corrected chi connectivity index (χ1v) is 7.50. The lowest BCUT2D eigenvalue weighted by Gasteiger charge is -2.09. The van der Waals surface area contributed by atoms with Crippen LogP contribution in [0.5, 0.6) is 0 Å². The highest BCUT2D eigenvalue weighted by Gasteiger charge is 2.09. The summed E-state index contributed by atoms with van der Waals surface area (Å²) in [6, 6.07) is 14.2. The quantitative estimate of drug-likeness (QED) is 0.761. The predicted molar refractivity (Wildman–Crippen MR) is 88.9 cm³/mol. The van der Waals surface area contributed by atoms with Crippen molar-refractivity contribution in [3.8, 4) is 0 Å². The van der Waals surface area contributed by atoms with Crippen LogP contribution in [-0.4, -0.2) is 9.55 Å². The molecule has 1 N–H and O–H groups in total. The smallest absolute Gasteiger partial charge is 0.129 e. The highest BCUT2D eigenvalue weighted by atomic mass is 35.5. The molecule has 0 unspecified atom stereocenters. The van der Waals surface area contributed by atoms with Crippen molar-refractivity contribution in [2.75, 3.05) is 5.32 Å². The second-order valence-electron chi connectivity index (χ2n) is 5.12. The Kier molecular flexibility index (Phi) is 3.84. The molecule has 2 aromatic carbocycles. The predicted octanol–water partition coefficient (Wildman–Crippen LogP) is 4.63. The summed E-state index contributed by atoms with van der Waals surface area (Å²) in [4.78, 5) is 4.69. The molecule has 108 valence electrons. The first kappa shape index (κ1) is 14.0. The van der Waals surface area contributed by atoms with Crippen molar-refractivity contribution in [2.24, 2.45) is 0 Å². The van der Waals surface area contributed by atoms with Crippen LogP contribution in [0.25, 0.3) is 11.0 Å². The van der Waals surface area contributed by atoms with Crippen LogP contribution in [0.3, 0.4) is 0 Å². The van der Waals surface area contributed by atoms with Gasteiger partial charge in [-0.2, -0.15) is 0 Å². The molecule has 0 aliphatic rings. The molecule has 4 heteroatoms. The fraction of sp³-hybridized carbons (Fsp3) is 0.235. The SMILES string of the molecule is CCn1c(CNc2ccc(C)cc2)nc2cc(Cl)ccc21. The van der Waals surface area contributed by atoms with E-state index < -0.39 is 0 Å². The summed E-state index contributed by atoms with van der Waals surface area (Å²) < 4.78 is 2.22. The maximum absolute atomic E-state index is 6.05. The van der Waals surface area contributed by atoms with Gasteiger partial charge >= 0.3 is 0 Å². The van der Waals surface area contributed by atoms with Crippen molar-refractivity contribution >= 4 is 28.3 Å². The Morgan fingerprint density at radius 3 is 2.62 bits per heavy atom. The largest absolute Gasteiger partial charge is 0.378 e. The number of nitrogens with one attached hydrogen (secondary N) is 1. The Labute approximate surface area is 129 Å². The van der Waals surface area contributed by atoms with Crippen molar-refractivity contribution in [1.29, 1.82) is 0 Å². The lowest BCUT2D eigenvalue weighted by atomic mass is 10.2. The number of anilines is 1. The van der Waals surface area contributed by atoms with Crippen LogP contribution < -0.4 is 5.32 Å². The molecule has 3 nitrogen and oxygen atoms in total. The van der Waals surface area contributed by atoms with Gasteiger partial charge in [0.2, 0.25) is 0 Å². The van der Waals surface area contributed by atoms with Gasteiger partial charge in [0.1, 0.15) is 5.82 Å². The molecular weight excluding hydrogens is 282 g/mol. The van der Waals surface area contributed by atoms with E-state index in [2.05, 4.69) is 48.0 Å². The van der Waals surface area contributed by atoms with E-state index in [-0.39, 0.29) is 0 Å². The molecule has 0 atom stereocenters. The van der Waals surface area contributed by atoms with E-state index in [0.717, 1.165) is 34.1 Å². The summed E-state index contributed by atoms with van der Waals surface area (Å²) in [6.07, 6.45) is 0. The molecule has 0 saturated heterocycles. The number of hydrogen-bond donors (Lipinski definition) is 1. The van der Waals surface area contributed by atoms with Crippen molar-refractivity contribution in [2.45, 2.75) is 26.9 Å². The average Bonchev–Trinajstić information content (AvgIpc) is 2.83. The van der Waals surface area contributed by atoms with Gasteiger partial charge in [-0.15, -0.1) is 0 Å². The number of imidazole rings is 1. The number of aryl methyl sites for hydroxylation is 2. The van der Waals surface area contributed by atoms with Gasteiger partial charge in [0.05, 0.1) is 17.6 Å². The van der Waals surface area contributed by atoms with Crippen molar-refractivity contribution < 1.29 is 0 Å². The molecule has 1 aromatic heterocycles. The third-order valence-electron chi connectivity index (χ3n) is 3.61. The van der Waals surface area contributed by atoms with Gasteiger partial charge < -0.3 is 9.88 Å². The number of nitrogens with zero attached hydrogens (tertiary/aromatic N) is 2. The number of benzene rings is 2. The summed E-state index contributed by atoms with van der Waals surface area (Å²) in [5.41, 5.74) is 4.44. The van der Waals surface area contributed by atoms with E-state index >= 15 is 0 Å². The van der Waals surface area contributed by atoms with Crippen LogP contribution in [-0.2, 0) is 13.1 Å². The molecule has 0 radical (unpaired) electrons. The molecule has 0 fully saturated rings. The lowest BCUT2D eigenvalue weighted by molar-refractivity contribution is 0.729. The molecule has 0 aliphatic heterocycles. The van der Waals surface area contributed by atoms with Gasteiger partial charge in [-0.05, 0) is 44.2 Å². The summed E-state index contributed by atoms with van der Waals surface area (Å²) in [5.74, 6) is 1.02. The van der Waals surface area contributed by atoms with Crippen molar-refractivity contribution in [1.82, 2.24) is 9.55 Å². The highest BCUT2D eigenvalue weighted by molar-refractivity contribution is 6.31. The van der Waals surface area contributed by atoms with Crippen LogP contribution >= 0.6 is 11.6 Å². The third-order valence-corrected chi connectivity index (χ3v) is 3.84. The third kappa shape index (κ3) is 2.88. The minimum Gasteiger partial charge on any atom is -0.378 e. The zero-order valence-corrected chi connectivity index (χ0v) is 13.0. The molecule has 3 rings (SSSR count). The summed E-state index contributed by atoms with van der Waals surface area (Å²) >= 11 is 6.05. The minimum absolute atomic E-state index is 0.698. The van der Waals surface area contributed by atoms with Crippen LogP contribution in [0.2, 0.25) is 5.02 Å². The van der Waals surface area contributed by atoms with E-state index in [1.807, 2.05) is 18.2 Å². The molecular formula is C17H18ClN3. The number of rotatable bonds is 4. The van der Waals surface area contributed by atoms with Gasteiger partial charge in [0.25, 0.3) is 0 Å². The molecule has 1 heterocycles. The van der Waals surface area contributed by atoms with Gasteiger partial charge in [-0.3, -0.25) is 0 Å². The molecule has 21 heavy (non-hydrogen) atoms. The van der Waals surface area contributed by atoms with Gasteiger partial charge in [-0.25, -0.2) is 4.98 Å². The Morgan fingerprint density at radius 1 is 1.14 bits per heavy atom. The minimum atomic E-state index is 0.698. The number of aromatic nitrogens is 2. The number of halogens is 1. The Morgan fingerprint density at radius 2 is 1.90 bits per heavy atom. The van der Waals surface area contributed by atoms with E-state index in [1.54, 1.807) is 0 Å². The number of hydrogen-bond acceptors (Lipinski definition) is 2. The first-order chi connectivity index (χ1) is 10.2. The summed E-state index contributed by atoms with van der Waals surface area (Å²) in [5, 5.41) is 4.15. The van der Waals surface area contributed by atoms with Crippen LogP contribution in [0.15, 0.2) is 42.5 Å². The second kappa shape index (κ2) is 5.78.